The van der Waals surface area contributed by atoms with E-state index < -0.39 is 43.1 Å². The molecule has 0 bridgehead atoms. The van der Waals surface area contributed by atoms with E-state index in [0.29, 0.717) is 0 Å². The first kappa shape index (κ1) is 15.6. The molecule has 1 fully saturated rings. The fraction of sp³-hybridized carbons (Fsp3) is 0.364. The molecule has 2 rings (SSSR count). The fourth-order valence-electron chi connectivity index (χ4n) is 2.31. The Morgan fingerprint density at radius 1 is 1.48 bits per heavy atom. The molecule has 1 saturated heterocycles. The molecule has 21 heavy (non-hydrogen) atoms. The second-order valence-electron chi connectivity index (χ2n) is 4.64. The maximum absolute atomic E-state index is 13.6. The van der Waals surface area contributed by atoms with Gasteiger partial charge in [0, 0.05) is 29.6 Å². The highest BCUT2D eigenvalue weighted by Crippen LogP contribution is 2.35. The summed E-state index contributed by atoms with van der Waals surface area (Å²) < 4.78 is 35.6. The number of nitrogens with zero attached hydrogens (tertiary/aromatic N) is 2. The molecular formula is C11H10ClFN2O5S. The molecule has 1 atom stereocenters. The average Bonchev–Trinajstić information content (AvgIpc) is 2.66. The van der Waals surface area contributed by atoms with E-state index in [0.717, 1.165) is 11.0 Å². The highest BCUT2D eigenvalue weighted by molar-refractivity contribution is 8.13. The number of carbonyl (C=O) groups is 1. The molecule has 1 aliphatic heterocycles. The Bertz CT molecular complexity index is 709. The molecule has 0 aliphatic carbocycles. The summed E-state index contributed by atoms with van der Waals surface area (Å²) in [6.45, 7) is -0.0604. The lowest BCUT2D eigenvalue weighted by atomic mass is 10.1. The number of anilines is 1. The van der Waals surface area contributed by atoms with E-state index >= 15 is 0 Å². The SMILES string of the molecule is O=C1CC(CS(=O)(=O)Cl)CN1c1cccc(F)c1[N+](=O)[O-]. The molecule has 0 spiro atoms. The minimum absolute atomic E-state index is 0.0604. The second-order valence-corrected chi connectivity index (χ2v) is 7.47. The molecular weight excluding hydrogens is 327 g/mol. The number of carbonyl (C=O) groups excluding carboxylic acids is 1. The maximum Gasteiger partial charge on any atom is 0.328 e. The first-order chi connectivity index (χ1) is 9.69. The van der Waals surface area contributed by atoms with Gasteiger partial charge in [-0.05, 0) is 12.1 Å². The normalized spacial score (nSPS) is 19.0. The van der Waals surface area contributed by atoms with Crippen LogP contribution in [0, 0.1) is 21.8 Å². The van der Waals surface area contributed by atoms with Crippen LogP contribution in [0.5, 0.6) is 0 Å². The standard InChI is InChI=1S/C11H10ClFN2O5S/c12-21(19,20)6-7-4-10(16)14(5-7)9-3-1-2-8(13)11(9)15(17)18/h1-3,7H,4-6H2. The van der Waals surface area contributed by atoms with Crippen molar-refractivity contribution in [2.45, 2.75) is 6.42 Å². The van der Waals surface area contributed by atoms with Gasteiger partial charge in [0.1, 0.15) is 5.69 Å². The molecule has 0 radical (unpaired) electrons. The van der Waals surface area contributed by atoms with Gasteiger partial charge >= 0.3 is 5.69 Å². The molecule has 0 N–H and O–H groups in total. The number of amides is 1. The number of para-hydroxylation sites is 1. The molecule has 1 aromatic rings. The highest BCUT2D eigenvalue weighted by atomic mass is 35.7. The third kappa shape index (κ3) is 3.48. The van der Waals surface area contributed by atoms with Crippen LogP contribution < -0.4 is 4.90 Å². The summed E-state index contributed by atoms with van der Waals surface area (Å²) in [5.74, 6) is -2.56. The van der Waals surface area contributed by atoms with Crippen molar-refractivity contribution < 1.29 is 22.5 Å². The van der Waals surface area contributed by atoms with E-state index in [1.54, 1.807) is 0 Å². The Kier molecular flexibility index (Phi) is 4.15. The Morgan fingerprint density at radius 2 is 2.14 bits per heavy atom. The molecule has 1 heterocycles. The average molecular weight is 337 g/mol. The molecule has 7 nitrogen and oxygen atoms in total. The molecule has 0 aromatic heterocycles. The van der Waals surface area contributed by atoms with E-state index in [9.17, 15) is 27.7 Å². The van der Waals surface area contributed by atoms with Crippen LogP contribution in [0.2, 0.25) is 0 Å². The number of hydrogen-bond acceptors (Lipinski definition) is 5. The van der Waals surface area contributed by atoms with E-state index in [-0.39, 0.29) is 18.7 Å². The van der Waals surface area contributed by atoms with Gasteiger partial charge in [-0.25, -0.2) is 8.42 Å². The van der Waals surface area contributed by atoms with Gasteiger partial charge in [-0.2, -0.15) is 4.39 Å². The fourth-order valence-corrected chi connectivity index (χ4v) is 3.63. The van der Waals surface area contributed by atoms with Crippen LogP contribution in [0.1, 0.15) is 6.42 Å². The largest absolute Gasteiger partial charge is 0.328 e. The smallest absolute Gasteiger partial charge is 0.306 e. The molecule has 1 amide bonds. The minimum atomic E-state index is -3.79. The number of hydrogen-bond donors (Lipinski definition) is 0. The zero-order chi connectivity index (χ0) is 15.8. The van der Waals surface area contributed by atoms with Gasteiger partial charge in [-0.15, -0.1) is 0 Å². The number of nitro groups is 1. The van der Waals surface area contributed by atoms with Crippen molar-refractivity contribution in [1.29, 1.82) is 0 Å². The minimum Gasteiger partial charge on any atom is -0.306 e. The first-order valence-corrected chi connectivity index (χ1v) is 8.32. The molecule has 1 aliphatic rings. The molecule has 1 aromatic carbocycles. The van der Waals surface area contributed by atoms with Gasteiger partial charge in [0.25, 0.3) is 0 Å². The van der Waals surface area contributed by atoms with E-state index in [4.69, 9.17) is 10.7 Å². The second kappa shape index (κ2) is 5.57. The Labute approximate surface area is 123 Å². The van der Waals surface area contributed by atoms with Crippen LogP contribution >= 0.6 is 10.7 Å². The summed E-state index contributed by atoms with van der Waals surface area (Å²) >= 11 is 0. The zero-order valence-corrected chi connectivity index (χ0v) is 12.1. The van der Waals surface area contributed by atoms with Crippen molar-refractivity contribution in [2.75, 3.05) is 17.2 Å². The predicted octanol–water partition coefficient (Wildman–Crippen LogP) is 1.66. The number of nitro benzene ring substituents is 1. The van der Waals surface area contributed by atoms with E-state index in [1.165, 1.54) is 12.1 Å². The van der Waals surface area contributed by atoms with Crippen LogP contribution in [0.3, 0.4) is 0 Å². The molecule has 114 valence electrons. The summed E-state index contributed by atoms with van der Waals surface area (Å²) in [6, 6.07) is 3.41. The number of halogens is 2. The van der Waals surface area contributed by atoms with E-state index in [1.807, 2.05) is 0 Å². The molecule has 0 saturated carbocycles. The Balaban J connectivity index is 2.34. The van der Waals surface area contributed by atoms with Crippen molar-refractivity contribution in [2.24, 2.45) is 5.92 Å². The summed E-state index contributed by atoms with van der Waals surface area (Å²) in [7, 11) is 1.35. The van der Waals surface area contributed by atoms with Crippen molar-refractivity contribution in [3.05, 3.63) is 34.1 Å². The zero-order valence-electron chi connectivity index (χ0n) is 10.5. The van der Waals surface area contributed by atoms with Gasteiger partial charge in [0.05, 0.1) is 10.7 Å². The summed E-state index contributed by atoms with van der Waals surface area (Å²) in [6.07, 6.45) is -0.111. The maximum atomic E-state index is 13.6. The lowest BCUT2D eigenvalue weighted by Crippen LogP contribution is -2.26. The third-order valence-electron chi connectivity index (χ3n) is 3.08. The Morgan fingerprint density at radius 3 is 2.71 bits per heavy atom. The van der Waals surface area contributed by atoms with Crippen LogP contribution in [0.15, 0.2) is 18.2 Å². The summed E-state index contributed by atoms with van der Waals surface area (Å²) in [5, 5.41) is 10.9. The Hall–Kier alpha value is -1.74. The lowest BCUT2D eigenvalue weighted by Gasteiger charge is -2.16. The summed E-state index contributed by atoms with van der Waals surface area (Å²) in [5.41, 5.74) is -0.986. The monoisotopic (exact) mass is 336 g/mol. The summed E-state index contributed by atoms with van der Waals surface area (Å²) in [4.78, 5) is 22.9. The van der Waals surface area contributed by atoms with Crippen LogP contribution in [0.25, 0.3) is 0 Å². The molecule has 1 unspecified atom stereocenters. The number of rotatable bonds is 4. The third-order valence-corrected chi connectivity index (χ3v) is 4.33. The first-order valence-electron chi connectivity index (χ1n) is 5.84. The number of benzene rings is 1. The predicted molar refractivity (Wildman–Crippen MR) is 73.2 cm³/mol. The quantitative estimate of drug-likeness (QED) is 0.473. The van der Waals surface area contributed by atoms with Gasteiger partial charge in [0.2, 0.25) is 20.8 Å². The van der Waals surface area contributed by atoms with Gasteiger partial charge < -0.3 is 4.90 Å². The van der Waals surface area contributed by atoms with Crippen LogP contribution in [-0.2, 0) is 13.8 Å². The molecule has 10 heteroatoms. The topological polar surface area (TPSA) is 97.6 Å². The van der Waals surface area contributed by atoms with Gasteiger partial charge in [0.15, 0.2) is 0 Å². The van der Waals surface area contributed by atoms with Crippen molar-refractivity contribution in [3.8, 4) is 0 Å². The van der Waals surface area contributed by atoms with Crippen molar-refractivity contribution in [3.63, 3.8) is 0 Å². The van der Waals surface area contributed by atoms with Crippen LogP contribution in [0.4, 0.5) is 15.8 Å². The van der Waals surface area contributed by atoms with Gasteiger partial charge in [-0.3, -0.25) is 14.9 Å². The van der Waals surface area contributed by atoms with Crippen molar-refractivity contribution >= 4 is 37.0 Å². The highest BCUT2D eigenvalue weighted by Gasteiger charge is 2.37. The van der Waals surface area contributed by atoms with Crippen LogP contribution in [-0.4, -0.2) is 31.5 Å². The van der Waals surface area contributed by atoms with Gasteiger partial charge in [-0.1, -0.05) is 6.07 Å². The lowest BCUT2D eigenvalue weighted by molar-refractivity contribution is -0.386. The van der Waals surface area contributed by atoms with Crippen molar-refractivity contribution in [1.82, 2.24) is 0 Å². The van der Waals surface area contributed by atoms with E-state index in [2.05, 4.69) is 0 Å².